The lowest BCUT2D eigenvalue weighted by Gasteiger charge is -2.32. The van der Waals surface area contributed by atoms with Gasteiger partial charge in [0.15, 0.2) is 11.4 Å². The molecule has 1 unspecified atom stereocenters. The summed E-state index contributed by atoms with van der Waals surface area (Å²) in [5.41, 5.74) is 9.88. The summed E-state index contributed by atoms with van der Waals surface area (Å²) >= 11 is 0. The number of aromatic nitrogens is 4. The maximum absolute atomic E-state index is 11.3. The highest BCUT2D eigenvalue weighted by molar-refractivity contribution is 5.76. The van der Waals surface area contributed by atoms with Gasteiger partial charge in [0, 0.05) is 30.8 Å². The number of aryl methyl sites for hydroxylation is 2. The molecule has 1 amide bonds. The number of rotatable bonds is 4. The van der Waals surface area contributed by atoms with Crippen LogP contribution in [0.25, 0.3) is 17.0 Å². The molecular formula is C18H22N6O2. The van der Waals surface area contributed by atoms with Crippen molar-refractivity contribution >= 4 is 11.6 Å². The van der Waals surface area contributed by atoms with Gasteiger partial charge in [0.2, 0.25) is 5.91 Å². The van der Waals surface area contributed by atoms with Gasteiger partial charge in [0.05, 0.1) is 29.2 Å². The SMILES string of the molecule is Cc1cc(-c2cnc3cc(C)nn3c2C2CCCN(CC(N)=O)C2)on1. The smallest absolute Gasteiger partial charge is 0.231 e. The maximum Gasteiger partial charge on any atom is 0.231 e. The van der Waals surface area contributed by atoms with Crippen molar-refractivity contribution in [3.05, 3.63) is 35.4 Å². The second-order valence-electron chi connectivity index (χ2n) is 6.99. The average Bonchev–Trinajstić information content (AvgIpc) is 3.18. The van der Waals surface area contributed by atoms with Crippen LogP contribution in [0.3, 0.4) is 0 Å². The second-order valence-corrected chi connectivity index (χ2v) is 6.99. The van der Waals surface area contributed by atoms with Crippen LogP contribution in [0, 0.1) is 13.8 Å². The first-order valence-electron chi connectivity index (χ1n) is 8.81. The molecule has 1 fully saturated rings. The maximum atomic E-state index is 11.3. The topological polar surface area (TPSA) is 103 Å². The van der Waals surface area contributed by atoms with Crippen molar-refractivity contribution in [3.8, 4) is 11.3 Å². The van der Waals surface area contributed by atoms with E-state index >= 15 is 0 Å². The summed E-state index contributed by atoms with van der Waals surface area (Å²) < 4.78 is 7.41. The van der Waals surface area contributed by atoms with Gasteiger partial charge in [0.25, 0.3) is 0 Å². The molecule has 1 aliphatic heterocycles. The first-order valence-corrected chi connectivity index (χ1v) is 8.81. The molecule has 0 spiro atoms. The van der Waals surface area contributed by atoms with Crippen LogP contribution in [0.2, 0.25) is 0 Å². The van der Waals surface area contributed by atoms with Crippen LogP contribution in [0.15, 0.2) is 22.9 Å². The van der Waals surface area contributed by atoms with Gasteiger partial charge in [-0.05, 0) is 33.2 Å². The highest BCUT2D eigenvalue weighted by atomic mass is 16.5. The van der Waals surface area contributed by atoms with Crippen LogP contribution in [0.4, 0.5) is 0 Å². The molecule has 4 heterocycles. The van der Waals surface area contributed by atoms with E-state index in [-0.39, 0.29) is 18.4 Å². The molecule has 26 heavy (non-hydrogen) atoms. The molecule has 1 saturated heterocycles. The van der Waals surface area contributed by atoms with Crippen molar-refractivity contribution in [3.63, 3.8) is 0 Å². The number of hydrogen-bond acceptors (Lipinski definition) is 6. The Hall–Kier alpha value is -2.74. The summed E-state index contributed by atoms with van der Waals surface area (Å²) in [4.78, 5) is 18.0. The third-order valence-electron chi connectivity index (χ3n) is 4.81. The number of nitrogens with zero attached hydrogens (tertiary/aromatic N) is 5. The predicted molar refractivity (Wildman–Crippen MR) is 95.6 cm³/mol. The first kappa shape index (κ1) is 16.7. The highest BCUT2D eigenvalue weighted by Crippen LogP contribution is 2.34. The van der Waals surface area contributed by atoms with E-state index in [0.717, 1.165) is 54.2 Å². The van der Waals surface area contributed by atoms with E-state index in [4.69, 9.17) is 10.3 Å². The Labute approximate surface area is 151 Å². The molecule has 8 nitrogen and oxygen atoms in total. The van der Waals surface area contributed by atoms with E-state index in [1.54, 1.807) is 0 Å². The summed E-state index contributed by atoms with van der Waals surface area (Å²) in [6.45, 7) is 5.76. The van der Waals surface area contributed by atoms with Gasteiger partial charge < -0.3 is 10.3 Å². The van der Waals surface area contributed by atoms with Crippen LogP contribution in [-0.2, 0) is 4.79 Å². The lowest BCUT2D eigenvalue weighted by Crippen LogP contribution is -2.40. The number of piperidine rings is 1. The van der Waals surface area contributed by atoms with Crippen LogP contribution in [0.5, 0.6) is 0 Å². The normalized spacial score (nSPS) is 18.5. The van der Waals surface area contributed by atoms with Crippen LogP contribution >= 0.6 is 0 Å². The Morgan fingerprint density at radius 1 is 1.35 bits per heavy atom. The Morgan fingerprint density at radius 2 is 2.19 bits per heavy atom. The number of primary amides is 1. The fourth-order valence-electron chi connectivity index (χ4n) is 3.78. The quantitative estimate of drug-likeness (QED) is 0.764. The van der Waals surface area contributed by atoms with Crippen molar-refractivity contribution in [2.45, 2.75) is 32.6 Å². The number of nitrogens with two attached hydrogens (primary N) is 1. The Bertz CT molecular complexity index is 960. The van der Waals surface area contributed by atoms with Crippen molar-refractivity contribution in [2.75, 3.05) is 19.6 Å². The summed E-state index contributed by atoms with van der Waals surface area (Å²) in [6, 6.07) is 3.87. The van der Waals surface area contributed by atoms with Crippen LogP contribution in [-0.4, -0.2) is 50.2 Å². The molecule has 0 aromatic carbocycles. The highest BCUT2D eigenvalue weighted by Gasteiger charge is 2.28. The Morgan fingerprint density at radius 3 is 2.92 bits per heavy atom. The number of fused-ring (bicyclic) bond motifs is 1. The molecule has 0 aliphatic carbocycles. The number of carbonyl (C=O) groups is 1. The van der Waals surface area contributed by atoms with Gasteiger partial charge in [-0.1, -0.05) is 5.16 Å². The van der Waals surface area contributed by atoms with E-state index in [2.05, 4.69) is 20.1 Å². The molecule has 136 valence electrons. The minimum Gasteiger partial charge on any atom is -0.369 e. The van der Waals surface area contributed by atoms with Gasteiger partial charge in [-0.25, -0.2) is 9.50 Å². The van der Waals surface area contributed by atoms with Crippen molar-refractivity contribution < 1.29 is 9.32 Å². The fraction of sp³-hybridized carbons (Fsp3) is 0.444. The van der Waals surface area contributed by atoms with Crippen molar-refractivity contribution in [2.24, 2.45) is 5.73 Å². The van der Waals surface area contributed by atoms with Crippen LogP contribution in [0.1, 0.15) is 35.8 Å². The molecule has 2 N–H and O–H groups in total. The zero-order valence-corrected chi connectivity index (χ0v) is 15.0. The average molecular weight is 354 g/mol. The summed E-state index contributed by atoms with van der Waals surface area (Å²) in [5.74, 6) is 0.590. The molecule has 3 aromatic heterocycles. The summed E-state index contributed by atoms with van der Waals surface area (Å²) in [7, 11) is 0. The molecule has 3 aromatic rings. The number of carbonyl (C=O) groups excluding carboxylic acids is 1. The van der Waals surface area contributed by atoms with Crippen LogP contribution < -0.4 is 5.73 Å². The molecular weight excluding hydrogens is 332 g/mol. The lowest BCUT2D eigenvalue weighted by molar-refractivity contribution is -0.119. The van der Waals surface area contributed by atoms with E-state index in [1.807, 2.05) is 36.7 Å². The molecule has 0 bridgehead atoms. The standard InChI is InChI=1S/C18H22N6O2/c1-11-7-17-20-8-14(15-6-12(2)22-26-15)18(24(17)21-11)13-4-3-5-23(9-13)10-16(19)25/h6-8,13H,3-5,9-10H2,1-2H3,(H2,19,25). The van der Waals surface area contributed by atoms with E-state index in [9.17, 15) is 4.79 Å². The third kappa shape index (κ3) is 3.08. The molecule has 8 heteroatoms. The Balaban J connectivity index is 1.82. The Kier molecular flexibility index (Phi) is 4.20. The monoisotopic (exact) mass is 354 g/mol. The van der Waals surface area contributed by atoms with Crippen molar-refractivity contribution in [1.82, 2.24) is 24.7 Å². The fourth-order valence-corrected chi connectivity index (χ4v) is 3.78. The summed E-state index contributed by atoms with van der Waals surface area (Å²) in [5, 5.41) is 8.66. The van der Waals surface area contributed by atoms with E-state index in [0.29, 0.717) is 5.76 Å². The van der Waals surface area contributed by atoms with E-state index < -0.39 is 0 Å². The minimum absolute atomic E-state index is 0.202. The zero-order valence-electron chi connectivity index (χ0n) is 15.0. The number of likely N-dealkylation sites (tertiary alicyclic amines) is 1. The second kappa shape index (κ2) is 6.53. The molecule has 0 saturated carbocycles. The molecule has 1 atom stereocenters. The van der Waals surface area contributed by atoms with Gasteiger partial charge in [-0.3, -0.25) is 9.69 Å². The van der Waals surface area contributed by atoms with E-state index in [1.165, 1.54) is 0 Å². The van der Waals surface area contributed by atoms with Gasteiger partial charge in [0.1, 0.15) is 0 Å². The summed E-state index contributed by atoms with van der Waals surface area (Å²) in [6.07, 6.45) is 3.84. The van der Waals surface area contributed by atoms with Gasteiger partial charge in [-0.2, -0.15) is 5.10 Å². The molecule has 0 radical (unpaired) electrons. The van der Waals surface area contributed by atoms with Crippen molar-refractivity contribution in [1.29, 1.82) is 0 Å². The third-order valence-corrected chi connectivity index (χ3v) is 4.81. The minimum atomic E-state index is -0.299. The first-order chi connectivity index (χ1) is 12.5. The van der Waals surface area contributed by atoms with Gasteiger partial charge in [-0.15, -0.1) is 0 Å². The molecule has 1 aliphatic rings. The largest absolute Gasteiger partial charge is 0.369 e. The van der Waals surface area contributed by atoms with Gasteiger partial charge >= 0.3 is 0 Å². The zero-order chi connectivity index (χ0) is 18.3. The number of hydrogen-bond donors (Lipinski definition) is 1. The lowest BCUT2D eigenvalue weighted by atomic mass is 9.91. The molecule has 4 rings (SSSR count). The predicted octanol–water partition coefficient (Wildman–Crippen LogP) is 1.67. The number of amides is 1.